The topological polar surface area (TPSA) is 59.2 Å². The van der Waals surface area contributed by atoms with Gasteiger partial charge in [-0.1, -0.05) is 0 Å². The summed E-state index contributed by atoms with van der Waals surface area (Å²) in [5.41, 5.74) is 2.11. The average Bonchev–Trinajstić information content (AvgIpc) is 3.19. The predicted octanol–water partition coefficient (Wildman–Crippen LogP) is 1.96. The van der Waals surface area contributed by atoms with Crippen molar-refractivity contribution in [2.24, 2.45) is 5.92 Å². The van der Waals surface area contributed by atoms with Gasteiger partial charge in [0.15, 0.2) is 11.5 Å². The summed E-state index contributed by atoms with van der Waals surface area (Å²) in [6, 6.07) is 5.97. The van der Waals surface area contributed by atoms with Gasteiger partial charge < -0.3 is 19.8 Å². The number of fused-ring (bicyclic) bond motifs is 1. The van der Waals surface area contributed by atoms with Crippen LogP contribution in [0.3, 0.4) is 0 Å². The zero-order valence-electron chi connectivity index (χ0n) is 11.2. The molecule has 1 aromatic heterocycles. The summed E-state index contributed by atoms with van der Waals surface area (Å²) < 4.78 is 10.7. The third-order valence-electron chi connectivity index (χ3n) is 3.96. The van der Waals surface area contributed by atoms with E-state index in [9.17, 15) is 0 Å². The summed E-state index contributed by atoms with van der Waals surface area (Å²) in [5.74, 6) is 3.38. The van der Waals surface area contributed by atoms with E-state index in [1.165, 1.54) is 6.42 Å². The fourth-order valence-electron chi connectivity index (χ4n) is 2.84. The van der Waals surface area contributed by atoms with Gasteiger partial charge in [0.25, 0.3) is 0 Å². The highest BCUT2D eigenvalue weighted by Gasteiger charge is 2.18. The van der Waals surface area contributed by atoms with E-state index in [0.717, 1.165) is 48.1 Å². The molecule has 2 aromatic rings. The number of aromatic amines is 1. The highest BCUT2D eigenvalue weighted by Crippen LogP contribution is 2.35. The fraction of sp³-hybridized carbons (Fsp3) is 0.400. The molecule has 4 rings (SSSR count). The third kappa shape index (κ3) is 2.14. The molecule has 0 amide bonds. The van der Waals surface area contributed by atoms with Crippen LogP contribution in [0.15, 0.2) is 24.4 Å². The van der Waals surface area contributed by atoms with E-state index in [4.69, 9.17) is 9.47 Å². The Morgan fingerprint density at radius 1 is 1.25 bits per heavy atom. The Kier molecular flexibility index (Phi) is 2.85. The molecule has 1 fully saturated rings. The van der Waals surface area contributed by atoms with Crippen molar-refractivity contribution < 1.29 is 9.47 Å². The average molecular weight is 271 g/mol. The lowest BCUT2D eigenvalue weighted by Crippen LogP contribution is -2.11. The van der Waals surface area contributed by atoms with Crippen molar-refractivity contribution >= 4 is 0 Å². The van der Waals surface area contributed by atoms with Crippen molar-refractivity contribution in [3.05, 3.63) is 30.2 Å². The second-order valence-electron chi connectivity index (χ2n) is 5.37. The number of benzene rings is 1. The molecular weight excluding hydrogens is 254 g/mol. The minimum Gasteiger partial charge on any atom is -0.454 e. The zero-order valence-corrected chi connectivity index (χ0v) is 11.2. The van der Waals surface area contributed by atoms with Crippen LogP contribution >= 0.6 is 0 Å². The second kappa shape index (κ2) is 4.83. The Hall–Kier alpha value is -2.01. The molecule has 1 saturated heterocycles. The van der Waals surface area contributed by atoms with Gasteiger partial charge in [-0.2, -0.15) is 0 Å². The molecule has 1 unspecified atom stereocenters. The molecule has 20 heavy (non-hydrogen) atoms. The minimum atomic E-state index is 0.307. The van der Waals surface area contributed by atoms with Gasteiger partial charge in [0, 0.05) is 12.0 Å². The number of aromatic nitrogens is 2. The molecule has 1 aromatic carbocycles. The summed E-state index contributed by atoms with van der Waals surface area (Å²) in [7, 11) is 0. The van der Waals surface area contributed by atoms with Crippen molar-refractivity contribution in [2.75, 3.05) is 19.9 Å². The van der Waals surface area contributed by atoms with Crippen molar-refractivity contribution in [2.45, 2.75) is 12.8 Å². The first-order valence-corrected chi connectivity index (χ1v) is 7.03. The largest absolute Gasteiger partial charge is 0.454 e. The zero-order chi connectivity index (χ0) is 13.4. The van der Waals surface area contributed by atoms with Gasteiger partial charge in [-0.15, -0.1) is 0 Å². The van der Waals surface area contributed by atoms with Crippen molar-refractivity contribution in [3.8, 4) is 22.8 Å². The van der Waals surface area contributed by atoms with Gasteiger partial charge in [-0.05, 0) is 43.6 Å². The first-order valence-electron chi connectivity index (χ1n) is 7.03. The minimum absolute atomic E-state index is 0.307. The lowest BCUT2D eigenvalue weighted by atomic mass is 10.1. The Morgan fingerprint density at radius 2 is 2.20 bits per heavy atom. The molecule has 5 heteroatoms. The highest BCUT2D eigenvalue weighted by atomic mass is 16.7. The molecule has 0 bridgehead atoms. The summed E-state index contributed by atoms with van der Waals surface area (Å²) in [6.07, 6.45) is 4.15. The van der Waals surface area contributed by atoms with Crippen LogP contribution in [0.2, 0.25) is 0 Å². The molecule has 1 atom stereocenters. The van der Waals surface area contributed by atoms with Crippen LogP contribution in [-0.2, 0) is 6.42 Å². The monoisotopic (exact) mass is 271 g/mol. The molecule has 0 spiro atoms. The van der Waals surface area contributed by atoms with Gasteiger partial charge in [0.2, 0.25) is 6.79 Å². The lowest BCUT2D eigenvalue weighted by molar-refractivity contribution is 0.174. The number of hydrogen-bond acceptors (Lipinski definition) is 4. The Bertz CT molecular complexity index is 617. The van der Waals surface area contributed by atoms with Gasteiger partial charge in [0.05, 0.1) is 11.9 Å². The molecule has 0 radical (unpaired) electrons. The van der Waals surface area contributed by atoms with Gasteiger partial charge in [-0.25, -0.2) is 4.98 Å². The molecule has 2 aliphatic rings. The maximum absolute atomic E-state index is 5.41. The van der Waals surface area contributed by atoms with Crippen LogP contribution in [-0.4, -0.2) is 29.9 Å². The summed E-state index contributed by atoms with van der Waals surface area (Å²) in [4.78, 5) is 7.91. The number of nitrogens with one attached hydrogen (secondary N) is 2. The number of H-pyrrole nitrogens is 1. The number of hydrogen-bond donors (Lipinski definition) is 2. The van der Waals surface area contributed by atoms with Crippen LogP contribution < -0.4 is 14.8 Å². The molecule has 104 valence electrons. The first kappa shape index (κ1) is 11.8. The van der Waals surface area contributed by atoms with E-state index >= 15 is 0 Å². The summed E-state index contributed by atoms with van der Waals surface area (Å²) in [5, 5.41) is 3.39. The molecule has 0 aliphatic carbocycles. The number of rotatable bonds is 3. The summed E-state index contributed by atoms with van der Waals surface area (Å²) >= 11 is 0. The smallest absolute Gasteiger partial charge is 0.231 e. The van der Waals surface area contributed by atoms with Crippen LogP contribution in [0.5, 0.6) is 11.5 Å². The van der Waals surface area contributed by atoms with Gasteiger partial charge >= 0.3 is 0 Å². The Balaban J connectivity index is 1.55. The van der Waals surface area contributed by atoms with Gasteiger partial charge in [-0.3, -0.25) is 0 Å². The molecule has 5 nitrogen and oxygen atoms in total. The maximum atomic E-state index is 5.41. The molecule has 2 N–H and O–H groups in total. The van der Waals surface area contributed by atoms with E-state index in [-0.39, 0.29) is 0 Å². The Labute approximate surface area is 117 Å². The predicted molar refractivity (Wildman–Crippen MR) is 74.8 cm³/mol. The van der Waals surface area contributed by atoms with E-state index in [1.54, 1.807) is 0 Å². The second-order valence-corrected chi connectivity index (χ2v) is 5.37. The van der Waals surface area contributed by atoms with Crippen LogP contribution in [0.4, 0.5) is 0 Å². The van der Waals surface area contributed by atoms with Crippen molar-refractivity contribution in [1.29, 1.82) is 0 Å². The van der Waals surface area contributed by atoms with E-state index < -0.39 is 0 Å². The molecule has 3 heterocycles. The fourth-order valence-corrected chi connectivity index (χ4v) is 2.84. The van der Waals surface area contributed by atoms with Crippen LogP contribution in [0, 0.1) is 5.92 Å². The normalized spacial score (nSPS) is 20.5. The van der Waals surface area contributed by atoms with Crippen molar-refractivity contribution in [3.63, 3.8) is 0 Å². The number of ether oxygens (including phenoxy) is 2. The molecule has 0 saturated carbocycles. The quantitative estimate of drug-likeness (QED) is 0.896. The molecular formula is C15H17N3O2. The molecule has 2 aliphatic heterocycles. The van der Waals surface area contributed by atoms with Crippen molar-refractivity contribution in [1.82, 2.24) is 15.3 Å². The first-order chi connectivity index (χ1) is 9.88. The Morgan fingerprint density at radius 3 is 3.10 bits per heavy atom. The van der Waals surface area contributed by atoms with E-state index in [1.807, 2.05) is 24.4 Å². The van der Waals surface area contributed by atoms with Gasteiger partial charge in [0.1, 0.15) is 5.82 Å². The lowest BCUT2D eigenvalue weighted by Gasteiger charge is -2.04. The van der Waals surface area contributed by atoms with E-state index in [0.29, 0.717) is 12.7 Å². The number of imidazole rings is 1. The van der Waals surface area contributed by atoms with Crippen LogP contribution in [0.1, 0.15) is 12.2 Å². The third-order valence-corrected chi connectivity index (χ3v) is 3.96. The SMILES string of the molecule is c1cc2c(cc1-c1cnc(CC3CCNC3)[nH]1)OCO2. The van der Waals surface area contributed by atoms with Crippen LogP contribution in [0.25, 0.3) is 11.3 Å². The highest BCUT2D eigenvalue weighted by molar-refractivity contribution is 5.64. The number of nitrogens with zero attached hydrogens (tertiary/aromatic N) is 1. The standard InChI is InChI=1S/C15H17N3O2/c1-2-13-14(20-9-19-13)6-11(1)12-8-17-15(18-12)5-10-3-4-16-7-10/h1-2,6,8,10,16H,3-5,7,9H2,(H,17,18). The van der Waals surface area contributed by atoms with E-state index in [2.05, 4.69) is 15.3 Å². The summed E-state index contributed by atoms with van der Waals surface area (Å²) in [6.45, 7) is 2.53. The maximum Gasteiger partial charge on any atom is 0.231 e.